The summed E-state index contributed by atoms with van der Waals surface area (Å²) in [6, 6.07) is 7.30. The van der Waals surface area contributed by atoms with Crippen LogP contribution < -0.4 is 10.6 Å². The second-order valence-corrected chi connectivity index (χ2v) is 8.44. The van der Waals surface area contributed by atoms with Crippen molar-refractivity contribution in [3.8, 4) is 0 Å². The number of rotatable bonds is 7. The SMILES string of the molecule is COC(C)C(=O)NC1CCC(Nc2ncnc3[nH]cc(C(=O)c4ccccc4Cl)c23)CC1. The van der Waals surface area contributed by atoms with E-state index in [0.29, 0.717) is 33.0 Å². The zero-order chi connectivity index (χ0) is 22.7. The van der Waals surface area contributed by atoms with Crippen LogP contribution in [0.25, 0.3) is 11.0 Å². The second-order valence-electron chi connectivity index (χ2n) is 8.04. The summed E-state index contributed by atoms with van der Waals surface area (Å²) in [5.74, 6) is 0.349. The fraction of sp³-hybridized carbons (Fsp3) is 0.391. The molecule has 4 rings (SSSR count). The first-order chi connectivity index (χ1) is 15.5. The summed E-state index contributed by atoms with van der Waals surface area (Å²) in [5, 5.41) is 7.59. The molecule has 1 aliphatic rings. The summed E-state index contributed by atoms with van der Waals surface area (Å²) in [4.78, 5) is 37.0. The van der Waals surface area contributed by atoms with Gasteiger partial charge in [0.25, 0.3) is 0 Å². The summed E-state index contributed by atoms with van der Waals surface area (Å²) in [7, 11) is 1.53. The number of fused-ring (bicyclic) bond motifs is 1. The minimum Gasteiger partial charge on any atom is -0.372 e. The van der Waals surface area contributed by atoms with Gasteiger partial charge in [-0.3, -0.25) is 9.59 Å². The van der Waals surface area contributed by atoms with Gasteiger partial charge in [-0.1, -0.05) is 23.7 Å². The molecule has 2 heterocycles. The molecule has 32 heavy (non-hydrogen) atoms. The van der Waals surface area contributed by atoms with Crippen LogP contribution in [0.4, 0.5) is 5.82 Å². The molecular formula is C23H26ClN5O3. The lowest BCUT2D eigenvalue weighted by Crippen LogP contribution is -2.44. The number of aromatic nitrogens is 3. The first-order valence-corrected chi connectivity index (χ1v) is 11.1. The van der Waals surface area contributed by atoms with Crippen LogP contribution in [0.15, 0.2) is 36.8 Å². The van der Waals surface area contributed by atoms with Crippen molar-refractivity contribution in [2.24, 2.45) is 0 Å². The molecule has 1 saturated carbocycles. The van der Waals surface area contributed by atoms with Gasteiger partial charge in [-0.15, -0.1) is 0 Å². The predicted molar refractivity (Wildman–Crippen MR) is 123 cm³/mol. The molecule has 0 spiro atoms. The van der Waals surface area contributed by atoms with Gasteiger partial charge < -0.3 is 20.4 Å². The zero-order valence-electron chi connectivity index (χ0n) is 18.0. The van der Waals surface area contributed by atoms with E-state index in [9.17, 15) is 9.59 Å². The van der Waals surface area contributed by atoms with Crippen LogP contribution in [-0.4, -0.2) is 51.9 Å². The van der Waals surface area contributed by atoms with Gasteiger partial charge in [-0.25, -0.2) is 9.97 Å². The molecule has 0 aliphatic heterocycles. The fourth-order valence-electron chi connectivity index (χ4n) is 4.04. The highest BCUT2D eigenvalue weighted by Crippen LogP contribution is 2.30. The Morgan fingerprint density at radius 3 is 2.56 bits per heavy atom. The van der Waals surface area contributed by atoms with Crippen LogP contribution in [0.1, 0.15) is 48.5 Å². The molecule has 1 aromatic carbocycles. The number of aromatic amines is 1. The van der Waals surface area contributed by atoms with Crippen molar-refractivity contribution >= 4 is 40.1 Å². The van der Waals surface area contributed by atoms with Crippen LogP contribution in [0.5, 0.6) is 0 Å². The average molecular weight is 456 g/mol. The van der Waals surface area contributed by atoms with Crippen molar-refractivity contribution in [1.29, 1.82) is 0 Å². The van der Waals surface area contributed by atoms with Crippen molar-refractivity contribution in [2.75, 3.05) is 12.4 Å². The molecule has 1 atom stereocenters. The molecule has 0 bridgehead atoms. The van der Waals surface area contributed by atoms with Gasteiger partial charge in [0.2, 0.25) is 5.91 Å². The van der Waals surface area contributed by atoms with Crippen molar-refractivity contribution in [1.82, 2.24) is 20.3 Å². The highest BCUT2D eigenvalue weighted by atomic mass is 35.5. The Balaban J connectivity index is 1.49. The Labute approximate surface area is 191 Å². The molecule has 9 heteroatoms. The number of carbonyl (C=O) groups excluding carboxylic acids is 2. The van der Waals surface area contributed by atoms with E-state index >= 15 is 0 Å². The Bertz CT molecular complexity index is 1120. The Morgan fingerprint density at radius 1 is 1.12 bits per heavy atom. The number of H-pyrrole nitrogens is 1. The van der Waals surface area contributed by atoms with Gasteiger partial charge in [0.05, 0.1) is 16.0 Å². The molecule has 8 nitrogen and oxygen atoms in total. The molecule has 1 fully saturated rings. The van der Waals surface area contributed by atoms with E-state index in [-0.39, 0.29) is 23.8 Å². The lowest BCUT2D eigenvalue weighted by molar-refractivity contribution is -0.131. The first-order valence-electron chi connectivity index (χ1n) is 10.7. The van der Waals surface area contributed by atoms with Crippen molar-refractivity contribution in [3.63, 3.8) is 0 Å². The van der Waals surface area contributed by atoms with Crippen LogP contribution >= 0.6 is 11.6 Å². The molecule has 0 radical (unpaired) electrons. The Hall–Kier alpha value is -2.97. The molecule has 168 valence electrons. The number of methoxy groups -OCH3 is 1. The molecule has 1 amide bonds. The molecule has 0 saturated heterocycles. The van der Waals surface area contributed by atoms with Gasteiger partial charge in [0.1, 0.15) is 23.9 Å². The van der Waals surface area contributed by atoms with Gasteiger partial charge >= 0.3 is 0 Å². The minimum absolute atomic E-state index is 0.0866. The third kappa shape index (κ3) is 4.61. The van der Waals surface area contributed by atoms with Gasteiger partial charge in [-0.2, -0.15) is 0 Å². The van der Waals surface area contributed by atoms with E-state index in [1.807, 2.05) is 0 Å². The monoisotopic (exact) mass is 455 g/mol. The number of hydrogen-bond donors (Lipinski definition) is 3. The number of nitrogens with zero attached hydrogens (tertiary/aromatic N) is 2. The number of ketones is 1. The van der Waals surface area contributed by atoms with Gasteiger partial charge in [-0.05, 0) is 44.7 Å². The van der Waals surface area contributed by atoms with Crippen LogP contribution in [0, 0.1) is 0 Å². The maximum Gasteiger partial charge on any atom is 0.249 e. The summed E-state index contributed by atoms with van der Waals surface area (Å²) < 4.78 is 5.08. The van der Waals surface area contributed by atoms with Crippen molar-refractivity contribution in [2.45, 2.75) is 50.8 Å². The molecule has 2 aromatic heterocycles. The van der Waals surface area contributed by atoms with Gasteiger partial charge in [0.15, 0.2) is 5.78 Å². The highest BCUT2D eigenvalue weighted by molar-refractivity contribution is 6.35. The number of ether oxygens (including phenoxy) is 1. The van der Waals surface area contributed by atoms with Crippen LogP contribution in [0.2, 0.25) is 5.02 Å². The van der Waals surface area contributed by atoms with E-state index in [1.165, 1.54) is 13.4 Å². The maximum atomic E-state index is 13.2. The number of nitrogens with one attached hydrogen (secondary N) is 3. The lowest BCUT2D eigenvalue weighted by Gasteiger charge is -2.30. The average Bonchev–Trinajstić information content (AvgIpc) is 3.25. The largest absolute Gasteiger partial charge is 0.372 e. The third-order valence-corrected chi connectivity index (χ3v) is 6.30. The third-order valence-electron chi connectivity index (χ3n) is 5.97. The quantitative estimate of drug-likeness (QED) is 0.468. The van der Waals surface area contributed by atoms with Crippen molar-refractivity contribution in [3.05, 3.63) is 52.9 Å². The first kappa shape index (κ1) is 22.2. The number of amides is 1. The summed E-state index contributed by atoms with van der Waals surface area (Å²) in [5.41, 5.74) is 1.50. The predicted octanol–water partition coefficient (Wildman–Crippen LogP) is 3.72. The minimum atomic E-state index is -0.456. The summed E-state index contributed by atoms with van der Waals surface area (Å²) >= 11 is 6.25. The van der Waals surface area contributed by atoms with E-state index in [0.717, 1.165) is 25.7 Å². The molecular weight excluding hydrogens is 430 g/mol. The van der Waals surface area contributed by atoms with Crippen molar-refractivity contribution < 1.29 is 14.3 Å². The normalized spacial score (nSPS) is 19.5. The van der Waals surface area contributed by atoms with E-state index in [4.69, 9.17) is 16.3 Å². The Morgan fingerprint density at radius 2 is 1.84 bits per heavy atom. The van der Waals surface area contributed by atoms with Gasteiger partial charge in [0, 0.05) is 31.0 Å². The number of anilines is 1. The standard InChI is InChI=1S/C23H26ClN5O3/c1-13(32-2)23(31)29-15-9-7-14(8-10-15)28-22-19-17(11-25-21(19)26-12-27-22)20(30)16-5-3-4-6-18(16)24/h3-6,11-15H,7-10H2,1-2H3,(H,29,31)(H2,25,26,27,28). The van der Waals surface area contributed by atoms with E-state index < -0.39 is 6.10 Å². The molecule has 1 unspecified atom stereocenters. The van der Waals surface area contributed by atoms with E-state index in [2.05, 4.69) is 25.6 Å². The maximum absolute atomic E-state index is 13.2. The lowest BCUT2D eigenvalue weighted by atomic mass is 9.91. The summed E-state index contributed by atoms with van der Waals surface area (Å²) in [6.45, 7) is 1.74. The number of carbonyl (C=O) groups is 2. The number of benzene rings is 1. The Kier molecular flexibility index (Phi) is 6.72. The number of halogens is 1. The molecule has 1 aliphatic carbocycles. The molecule has 3 aromatic rings. The zero-order valence-corrected chi connectivity index (χ0v) is 18.8. The second kappa shape index (κ2) is 9.67. The topological polar surface area (TPSA) is 109 Å². The smallest absolute Gasteiger partial charge is 0.249 e. The highest BCUT2D eigenvalue weighted by Gasteiger charge is 2.26. The van der Waals surface area contributed by atoms with Crippen LogP contribution in [-0.2, 0) is 9.53 Å². The van der Waals surface area contributed by atoms with E-state index in [1.54, 1.807) is 37.4 Å². The van der Waals surface area contributed by atoms with Crippen LogP contribution in [0.3, 0.4) is 0 Å². The summed E-state index contributed by atoms with van der Waals surface area (Å²) in [6.07, 6.45) is 6.12. The number of hydrogen-bond acceptors (Lipinski definition) is 6. The fourth-order valence-corrected chi connectivity index (χ4v) is 4.26. The molecule has 3 N–H and O–H groups in total.